The van der Waals surface area contributed by atoms with E-state index < -0.39 is 0 Å². The second-order valence-electron chi connectivity index (χ2n) is 1.83. The van der Waals surface area contributed by atoms with E-state index in [4.69, 9.17) is 0 Å². The van der Waals surface area contributed by atoms with Crippen molar-refractivity contribution in [3.63, 3.8) is 0 Å². The maximum atomic E-state index is 3.81. The van der Waals surface area contributed by atoms with E-state index in [-0.39, 0.29) is 41.7 Å². The smallest absolute Gasteiger partial charge is 0.112 e. The number of rotatable bonds is 0. The number of aromatic amines is 1. The molecule has 0 aliphatic rings. The molecular weight excluding hydrogens is 254 g/mol. The van der Waals surface area contributed by atoms with E-state index >= 15 is 0 Å². The summed E-state index contributed by atoms with van der Waals surface area (Å²) in [7, 11) is 0. The van der Waals surface area contributed by atoms with Crippen molar-refractivity contribution >= 4 is 11.0 Å². The molecule has 0 amide bonds. The molecule has 1 heterocycles. The number of para-hydroxylation sites is 1. The second kappa shape index (κ2) is 3.41. The second-order valence-corrected chi connectivity index (χ2v) is 1.83. The fourth-order valence-electron chi connectivity index (χ4n) is 0.788. The number of H-pyrrole nitrogens is 1. The third kappa shape index (κ3) is 1.36. The first-order chi connectivity index (χ1) is 4.47. The molecule has 0 unspecified atom stereocenters. The molecule has 10 heavy (non-hydrogen) atoms. The molecule has 0 aliphatic carbocycles. The van der Waals surface area contributed by atoms with Crippen molar-refractivity contribution in [3.05, 3.63) is 24.3 Å². The quantitative estimate of drug-likeness (QED) is 0.765. The maximum Gasteiger partial charge on any atom is 0.112 e. The van der Waals surface area contributed by atoms with Gasteiger partial charge in [-0.15, -0.1) is 5.10 Å². The van der Waals surface area contributed by atoms with Crippen LogP contribution in [0.2, 0.25) is 0 Å². The summed E-state index contributed by atoms with van der Waals surface area (Å²) in [6, 6.07) is 7.74. The number of nitrogens with one attached hydrogen (secondary N) is 1. The van der Waals surface area contributed by atoms with Crippen molar-refractivity contribution in [3.8, 4) is 0 Å². The molecule has 0 atom stereocenters. The van der Waals surface area contributed by atoms with Gasteiger partial charge in [0.2, 0.25) is 0 Å². The Labute approximate surface area is 91.6 Å². The third-order valence-corrected chi connectivity index (χ3v) is 1.23. The minimum atomic E-state index is 0. The van der Waals surface area contributed by atoms with Gasteiger partial charge in [-0.05, 0) is 12.1 Å². The van der Waals surface area contributed by atoms with Gasteiger partial charge in [-0.3, -0.25) is 5.10 Å². The van der Waals surface area contributed by atoms with E-state index in [9.17, 15) is 0 Å². The molecule has 1 aromatic carbocycles. The first-order valence-corrected chi connectivity index (χ1v) is 2.72. The molecule has 0 bridgehead atoms. The molecule has 0 fully saturated rings. The summed E-state index contributed by atoms with van der Waals surface area (Å²) in [4.78, 5) is 0. The number of nitrogens with zero attached hydrogens (tertiary/aromatic N) is 2. The van der Waals surface area contributed by atoms with Crippen LogP contribution in [0.5, 0.6) is 0 Å². The summed E-state index contributed by atoms with van der Waals surface area (Å²) in [6.45, 7) is 0. The van der Waals surface area contributed by atoms with Crippen LogP contribution in [0, 0.1) is 41.7 Å². The summed E-state index contributed by atoms with van der Waals surface area (Å²) in [6.07, 6.45) is 0. The van der Waals surface area contributed by atoms with Gasteiger partial charge >= 0.3 is 0 Å². The summed E-state index contributed by atoms with van der Waals surface area (Å²) in [5.41, 5.74) is 1.90. The van der Waals surface area contributed by atoms with Crippen molar-refractivity contribution in [2.45, 2.75) is 0 Å². The first kappa shape index (κ1) is 8.10. The first-order valence-electron chi connectivity index (χ1n) is 2.72. The molecule has 0 saturated heterocycles. The molecule has 2 rings (SSSR count). The largest absolute Gasteiger partial charge is 0.258 e. The zero-order valence-corrected chi connectivity index (χ0v) is 8.34. The Morgan fingerprint density at radius 1 is 1.20 bits per heavy atom. The van der Waals surface area contributed by atoms with Crippen molar-refractivity contribution in [2.75, 3.05) is 0 Å². The number of hydrogen-bond donors (Lipinski definition) is 1. The van der Waals surface area contributed by atoms with E-state index in [0.29, 0.717) is 0 Å². The van der Waals surface area contributed by atoms with Crippen LogP contribution < -0.4 is 0 Å². The zero-order valence-electron chi connectivity index (χ0n) is 5.20. The van der Waals surface area contributed by atoms with Crippen LogP contribution in [0.1, 0.15) is 0 Å². The third-order valence-electron chi connectivity index (χ3n) is 1.23. The van der Waals surface area contributed by atoms with E-state index in [1.807, 2.05) is 24.3 Å². The molecule has 4 heteroatoms. The minimum Gasteiger partial charge on any atom is -0.258 e. The van der Waals surface area contributed by atoms with E-state index in [2.05, 4.69) is 15.4 Å². The van der Waals surface area contributed by atoms with Gasteiger partial charge in [0.25, 0.3) is 0 Å². The predicted molar refractivity (Wildman–Crippen MR) is 33.9 cm³/mol. The van der Waals surface area contributed by atoms with Gasteiger partial charge in [0.15, 0.2) is 0 Å². The van der Waals surface area contributed by atoms with E-state index in [0.717, 1.165) is 11.0 Å². The fourth-order valence-corrected chi connectivity index (χ4v) is 0.788. The Hall–Kier alpha value is -0.00338. The van der Waals surface area contributed by atoms with Gasteiger partial charge in [0, 0.05) is 41.7 Å². The van der Waals surface area contributed by atoms with Crippen molar-refractivity contribution in [1.82, 2.24) is 15.4 Å². The van der Waals surface area contributed by atoms with Gasteiger partial charge in [-0.25, -0.2) is 0 Å². The molecule has 0 spiro atoms. The summed E-state index contributed by atoms with van der Waals surface area (Å²) in [5, 5.41) is 10.2. The average molecular weight is 259 g/mol. The van der Waals surface area contributed by atoms with E-state index in [1.54, 1.807) is 0 Å². The molecule has 0 aliphatic heterocycles. The van der Waals surface area contributed by atoms with Crippen LogP contribution >= 0.6 is 0 Å². The Kier molecular flexibility index (Phi) is 2.76. The number of hydrogen-bond acceptors (Lipinski definition) is 2. The molecule has 0 radical (unpaired) electrons. The van der Waals surface area contributed by atoms with Crippen molar-refractivity contribution in [2.24, 2.45) is 0 Å². The zero-order chi connectivity index (χ0) is 6.10. The normalized spacial score (nSPS) is 9.20. The molecule has 1 N–H and O–H groups in total. The summed E-state index contributed by atoms with van der Waals surface area (Å²) < 4.78 is 0. The standard InChI is InChI=1S/C6H5N3.Ce/c1-2-4-6-5(3-1)7-9-8-6;/h1-4H,(H,7,8,9);. The van der Waals surface area contributed by atoms with Crippen LogP contribution in [0.15, 0.2) is 24.3 Å². The molecule has 0 saturated carbocycles. The molecule has 48 valence electrons. The van der Waals surface area contributed by atoms with Crippen LogP contribution in [-0.4, -0.2) is 15.4 Å². The topological polar surface area (TPSA) is 41.6 Å². The molecule has 1 aromatic heterocycles. The SMILES string of the molecule is [Ce].c1ccc2[nH]nnc2c1. The number of benzene rings is 1. The summed E-state index contributed by atoms with van der Waals surface area (Å²) >= 11 is 0. The van der Waals surface area contributed by atoms with Gasteiger partial charge in [-0.2, -0.15) is 0 Å². The average Bonchev–Trinajstić information content (AvgIpc) is 2.33. The van der Waals surface area contributed by atoms with Crippen molar-refractivity contribution < 1.29 is 41.7 Å². The van der Waals surface area contributed by atoms with Crippen LogP contribution in [-0.2, 0) is 0 Å². The molecule has 3 nitrogen and oxygen atoms in total. The Balaban J connectivity index is 0.000000500. The van der Waals surface area contributed by atoms with Gasteiger partial charge in [-0.1, -0.05) is 17.3 Å². The van der Waals surface area contributed by atoms with Gasteiger partial charge in [0.05, 0.1) is 5.52 Å². The number of fused-ring (bicyclic) bond motifs is 1. The molecular formula is C6H5CeN3. The van der Waals surface area contributed by atoms with Gasteiger partial charge in [0.1, 0.15) is 5.52 Å². The maximum absolute atomic E-state index is 3.81. The summed E-state index contributed by atoms with van der Waals surface area (Å²) in [5.74, 6) is 0. The Bertz CT molecular complexity index is 287. The fraction of sp³-hybridized carbons (Fsp3) is 0. The van der Waals surface area contributed by atoms with Crippen LogP contribution in [0.4, 0.5) is 0 Å². The number of aromatic nitrogens is 3. The molecule has 2 aromatic rings. The van der Waals surface area contributed by atoms with Crippen molar-refractivity contribution in [1.29, 1.82) is 0 Å². The monoisotopic (exact) mass is 259 g/mol. The van der Waals surface area contributed by atoms with Crippen LogP contribution in [0.25, 0.3) is 11.0 Å². The minimum absolute atomic E-state index is 0. The Morgan fingerprint density at radius 3 is 2.80 bits per heavy atom. The Morgan fingerprint density at radius 2 is 2.00 bits per heavy atom. The predicted octanol–water partition coefficient (Wildman–Crippen LogP) is 0.958. The van der Waals surface area contributed by atoms with Crippen LogP contribution in [0.3, 0.4) is 0 Å². The van der Waals surface area contributed by atoms with E-state index in [1.165, 1.54) is 0 Å². The van der Waals surface area contributed by atoms with Gasteiger partial charge < -0.3 is 0 Å².